The fourth-order valence-electron chi connectivity index (χ4n) is 2.59. The van der Waals surface area contributed by atoms with Gasteiger partial charge in [-0.1, -0.05) is 46.3 Å². The average molecular weight is 401 g/mol. The van der Waals surface area contributed by atoms with Crippen LogP contribution in [0.5, 0.6) is 0 Å². The molecule has 126 valence electrons. The van der Waals surface area contributed by atoms with Crippen molar-refractivity contribution in [2.45, 2.75) is 13.0 Å². The first-order chi connectivity index (χ1) is 11.9. The molecule has 0 aliphatic rings. The lowest BCUT2D eigenvalue weighted by Gasteiger charge is -2.15. The molecule has 1 N–H and O–H groups in total. The summed E-state index contributed by atoms with van der Waals surface area (Å²) in [4.78, 5) is 36.9. The number of aromatic carboxylic acids is 1. The number of ketones is 1. The summed E-state index contributed by atoms with van der Waals surface area (Å²) < 4.78 is 1.77. The molecule has 7 heteroatoms. The van der Waals surface area contributed by atoms with E-state index in [0.717, 1.165) is 9.15 Å². The molecule has 25 heavy (non-hydrogen) atoms. The highest BCUT2D eigenvalue weighted by Gasteiger charge is 2.23. The van der Waals surface area contributed by atoms with Crippen LogP contribution in [-0.4, -0.2) is 26.6 Å². The molecule has 1 aromatic heterocycles. The molecule has 0 saturated carbocycles. The van der Waals surface area contributed by atoms with E-state index >= 15 is 0 Å². The van der Waals surface area contributed by atoms with Crippen molar-refractivity contribution in [3.05, 3.63) is 74.6 Å². The maximum absolute atomic E-state index is 12.7. The number of hydrogen-bond acceptors (Lipinski definition) is 4. The molecule has 0 bridgehead atoms. The minimum Gasteiger partial charge on any atom is -0.476 e. The van der Waals surface area contributed by atoms with Crippen LogP contribution in [0.15, 0.2) is 57.8 Å². The van der Waals surface area contributed by atoms with Crippen molar-refractivity contribution in [2.24, 2.45) is 0 Å². The normalized spacial score (nSPS) is 12.1. The molecule has 1 heterocycles. The molecule has 0 fully saturated rings. The predicted octanol–water partition coefficient (Wildman–Crippen LogP) is 3.30. The summed E-state index contributed by atoms with van der Waals surface area (Å²) in [6.07, 6.45) is 0. The van der Waals surface area contributed by atoms with Gasteiger partial charge in [-0.2, -0.15) is 5.10 Å². The van der Waals surface area contributed by atoms with Crippen molar-refractivity contribution in [1.82, 2.24) is 9.78 Å². The third-order valence-electron chi connectivity index (χ3n) is 3.91. The third-order valence-corrected chi connectivity index (χ3v) is 4.43. The van der Waals surface area contributed by atoms with Crippen molar-refractivity contribution in [1.29, 1.82) is 0 Å². The Labute approximate surface area is 150 Å². The number of aromatic nitrogens is 2. The molecule has 6 nitrogen and oxygen atoms in total. The van der Waals surface area contributed by atoms with Gasteiger partial charge in [-0.05, 0) is 25.1 Å². The Hall–Kier alpha value is -2.80. The SMILES string of the molecule is CC(C(=O)c1ccc(Br)cc1)n1nc(C(=O)O)c2ccccc2c1=O. The molecule has 1 unspecified atom stereocenters. The van der Waals surface area contributed by atoms with E-state index in [1.54, 1.807) is 36.4 Å². The van der Waals surface area contributed by atoms with Gasteiger partial charge in [0.2, 0.25) is 0 Å². The van der Waals surface area contributed by atoms with E-state index < -0.39 is 17.6 Å². The van der Waals surface area contributed by atoms with Gasteiger partial charge in [0.25, 0.3) is 5.56 Å². The van der Waals surface area contributed by atoms with Crippen molar-refractivity contribution < 1.29 is 14.7 Å². The molecule has 0 amide bonds. The Bertz CT molecular complexity index is 1040. The van der Waals surface area contributed by atoms with E-state index in [-0.39, 0.29) is 22.2 Å². The summed E-state index contributed by atoms with van der Waals surface area (Å²) in [6.45, 7) is 1.53. The number of carbonyl (C=O) groups excluding carboxylic acids is 1. The van der Waals surface area contributed by atoms with E-state index in [9.17, 15) is 19.5 Å². The first-order valence-corrected chi connectivity index (χ1v) is 8.24. The highest BCUT2D eigenvalue weighted by molar-refractivity contribution is 9.10. The van der Waals surface area contributed by atoms with Gasteiger partial charge >= 0.3 is 5.97 Å². The summed E-state index contributed by atoms with van der Waals surface area (Å²) in [6, 6.07) is 12.1. The summed E-state index contributed by atoms with van der Waals surface area (Å²) >= 11 is 3.30. The first kappa shape index (κ1) is 17.0. The number of fused-ring (bicyclic) bond motifs is 1. The molecule has 1 atom stereocenters. The number of carboxylic acids is 1. The Morgan fingerprint density at radius 1 is 1.08 bits per heavy atom. The standard InChI is InChI=1S/C18H13BrN2O4/c1-10(16(22)11-6-8-12(19)9-7-11)21-17(23)14-5-3-2-4-13(14)15(20-21)18(24)25/h2-10H,1H3,(H,24,25). The minimum absolute atomic E-state index is 0.213. The number of benzene rings is 2. The minimum atomic E-state index is -1.26. The van der Waals surface area contributed by atoms with Crippen LogP contribution < -0.4 is 5.56 Å². The number of carbonyl (C=O) groups is 2. The zero-order valence-corrected chi connectivity index (χ0v) is 14.7. The monoisotopic (exact) mass is 400 g/mol. The Balaban J connectivity index is 2.16. The second-order valence-electron chi connectivity index (χ2n) is 5.50. The molecule has 3 aromatic rings. The van der Waals surface area contributed by atoms with Crippen molar-refractivity contribution in [3.8, 4) is 0 Å². The fourth-order valence-corrected chi connectivity index (χ4v) is 2.86. The molecule has 3 rings (SSSR count). The fraction of sp³-hybridized carbons (Fsp3) is 0.111. The van der Waals surface area contributed by atoms with Crippen LogP contribution in [0, 0.1) is 0 Å². The number of nitrogens with zero attached hydrogens (tertiary/aromatic N) is 2. The van der Waals surface area contributed by atoms with Gasteiger partial charge in [-0.3, -0.25) is 9.59 Å². The largest absolute Gasteiger partial charge is 0.476 e. The summed E-state index contributed by atoms with van der Waals surface area (Å²) in [7, 11) is 0. The second kappa shape index (κ2) is 6.60. The van der Waals surface area contributed by atoms with Crippen molar-refractivity contribution in [3.63, 3.8) is 0 Å². The lowest BCUT2D eigenvalue weighted by molar-refractivity contribution is 0.0687. The average Bonchev–Trinajstić information content (AvgIpc) is 2.61. The lowest BCUT2D eigenvalue weighted by Crippen LogP contribution is -2.32. The van der Waals surface area contributed by atoms with Gasteiger partial charge in [-0.25, -0.2) is 9.48 Å². The van der Waals surface area contributed by atoms with Crippen LogP contribution in [0.2, 0.25) is 0 Å². The van der Waals surface area contributed by atoms with Crippen LogP contribution in [0.25, 0.3) is 10.8 Å². The van der Waals surface area contributed by atoms with Crippen LogP contribution in [-0.2, 0) is 0 Å². The Morgan fingerprint density at radius 3 is 2.28 bits per heavy atom. The quantitative estimate of drug-likeness (QED) is 0.678. The van der Waals surface area contributed by atoms with Gasteiger partial charge < -0.3 is 5.11 Å². The van der Waals surface area contributed by atoms with Gasteiger partial charge in [-0.15, -0.1) is 0 Å². The zero-order valence-electron chi connectivity index (χ0n) is 13.1. The highest BCUT2D eigenvalue weighted by atomic mass is 79.9. The molecule has 0 radical (unpaired) electrons. The summed E-state index contributed by atoms with van der Waals surface area (Å²) in [5.74, 6) is -1.58. The number of carboxylic acid groups (broad SMARTS) is 1. The van der Waals surface area contributed by atoms with E-state index in [1.165, 1.54) is 19.1 Å². The van der Waals surface area contributed by atoms with E-state index in [2.05, 4.69) is 21.0 Å². The molecular formula is C18H13BrN2O4. The van der Waals surface area contributed by atoms with Gasteiger partial charge in [0, 0.05) is 15.4 Å². The first-order valence-electron chi connectivity index (χ1n) is 7.45. The summed E-state index contributed by atoms with van der Waals surface area (Å²) in [5.41, 5.74) is -0.348. The highest BCUT2D eigenvalue weighted by Crippen LogP contribution is 2.18. The van der Waals surface area contributed by atoms with Gasteiger partial charge in [0.05, 0.1) is 5.39 Å². The van der Waals surface area contributed by atoms with Crippen molar-refractivity contribution in [2.75, 3.05) is 0 Å². The topological polar surface area (TPSA) is 89.3 Å². The molecule has 0 spiro atoms. The Morgan fingerprint density at radius 2 is 1.68 bits per heavy atom. The predicted molar refractivity (Wildman–Crippen MR) is 96.1 cm³/mol. The Kier molecular flexibility index (Phi) is 4.50. The number of rotatable bonds is 4. The molecular weight excluding hydrogens is 388 g/mol. The van der Waals surface area contributed by atoms with Crippen LogP contribution in [0.1, 0.15) is 33.8 Å². The summed E-state index contributed by atoms with van der Waals surface area (Å²) in [5, 5.41) is 13.8. The zero-order chi connectivity index (χ0) is 18.1. The molecule has 0 aliphatic carbocycles. The maximum atomic E-state index is 12.7. The molecule has 0 saturated heterocycles. The second-order valence-corrected chi connectivity index (χ2v) is 6.41. The maximum Gasteiger partial charge on any atom is 0.357 e. The third kappa shape index (κ3) is 3.10. The number of halogens is 1. The van der Waals surface area contributed by atoms with Crippen molar-refractivity contribution >= 4 is 38.5 Å². The number of Topliss-reactive ketones (excluding diaryl/α,β-unsaturated/α-hetero) is 1. The smallest absolute Gasteiger partial charge is 0.357 e. The van der Waals surface area contributed by atoms with Crippen LogP contribution in [0.3, 0.4) is 0 Å². The lowest BCUT2D eigenvalue weighted by atomic mass is 10.1. The number of hydrogen-bond donors (Lipinski definition) is 1. The van der Waals surface area contributed by atoms with Gasteiger partial charge in [0.1, 0.15) is 6.04 Å². The van der Waals surface area contributed by atoms with Crippen LogP contribution in [0.4, 0.5) is 0 Å². The molecule has 2 aromatic carbocycles. The van der Waals surface area contributed by atoms with E-state index in [4.69, 9.17) is 0 Å². The van der Waals surface area contributed by atoms with E-state index in [0.29, 0.717) is 5.56 Å². The van der Waals surface area contributed by atoms with Crippen LogP contribution >= 0.6 is 15.9 Å². The van der Waals surface area contributed by atoms with Gasteiger partial charge in [0.15, 0.2) is 11.5 Å². The molecule has 0 aliphatic heterocycles. The van der Waals surface area contributed by atoms with E-state index in [1.807, 2.05) is 0 Å².